The fourth-order valence-electron chi connectivity index (χ4n) is 5.01. The molecule has 1 atom stereocenters. The molecule has 3 fully saturated rings. The Morgan fingerprint density at radius 1 is 1.21 bits per heavy atom. The van der Waals surface area contributed by atoms with Crippen LogP contribution in [0.3, 0.4) is 0 Å². The van der Waals surface area contributed by atoms with Gasteiger partial charge in [0.15, 0.2) is 0 Å². The lowest BCUT2D eigenvalue weighted by Crippen LogP contribution is -2.67. The number of rotatable bonds is 4. The van der Waals surface area contributed by atoms with E-state index in [0.29, 0.717) is 5.91 Å². The quantitative estimate of drug-likeness (QED) is 0.796. The van der Waals surface area contributed by atoms with Crippen LogP contribution in [0.5, 0.6) is 0 Å². The highest BCUT2D eigenvalue weighted by molar-refractivity contribution is 5.89. The van der Waals surface area contributed by atoms with Gasteiger partial charge in [-0.25, -0.2) is 4.98 Å². The standard InChI is InChI=1S/C19H30N4O/c1-21-15-20-10-17(21)12-22-9-5-8-19(13-22)14-23(18(19)24)11-16-6-3-2-4-7-16/h10,15-16H,2-9,11-14H2,1H3/t19-/m0/s1. The third-order valence-electron chi connectivity index (χ3n) is 6.40. The molecule has 1 aliphatic carbocycles. The molecule has 3 heterocycles. The molecule has 24 heavy (non-hydrogen) atoms. The van der Waals surface area contributed by atoms with Crippen molar-refractivity contribution in [2.75, 3.05) is 26.2 Å². The molecule has 1 aromatic heterocycles. The first kappa shape index (κ1) is 16.1. The van der Waals surface area contributed by atoms with Gasteiger partial charge in [0.1, 0.15) is 0 Å². The lowest BCUT2D eigenvalue weighted by Gasteiger charge is -2.54. The van der Waals surface area contributed by atoms with Gasteiger partial charge in [-0.1, -0.05) is 19.3 Å². The number of piperidine rings is 1. The normalized spacial score (nSPS) is 29.2. The molecule has 1 saturated carbocycles. The maximum absolute atomic E-state index is 12.9. The number of β-lactam (4-membered cyclic amide) rings is 1. The predicted molar refractivity (Wildman–Crippen MR) is 93.3 cm³/mol. The Balaban J connectivity index is 1.34. The largest absolute Gasteiger partial charge is 0.341 e. The van der Waals surface area contributed by atoms with Crippen LogP contribution in [0.1, 0.15) is 50.6 Å². The lowest BCUT2D eigenvalue weighted by molar-refractivity contribution is -0.167. The second-order valence-electron chi connectivity index (χ2n) is 8.28. The van der Waals surface area contributed by atoms with Crippen LogP contribution in [0, 0.1) is 11.3 Å². The maximum atomic E-state index is 12.9. The number of carbonyl (C=O) groups excluding carboxylic acids is 1. The Hall–Kier alpha value is -1.36. The van der Waals surface area contributed by atoms with Crippen LogP contribution in [0.25, 0.3) is 0 Å². The molecule has 1 spiro atoms. The minimum Gasteiger partial charge on any atom is -0.341 e. The molecule has 4 rings (SSSR count). The molecule has 132 valence electrons. The number of hydrogen-bond donors (Lipinski definition) is 0. The van der Waals surface area contributed by atoms with E-state index in [1.54, 1.807) is 0 Å². The van der Waals surface area contributed by atoms with E-state index in [1.807, 2.05) is 19.6 Å². The van der Waals surface area contributed by atoms with Crippen molar-refractivity contribution in [3.63, 3.8) is 0 Å². The molecule has 2 aliphatic heterocycles. The number of imidazole rings is 1. The third-order valence-corrected chi connectivity index (χ3v) is 6.40. The van der Waals surface area contributed by atoms with Gasteiger partial charge in [0.25, 0.3) is 0 Å². The maximum Gasteiger partial charge on any atom is 0.231 e. The molecule has 1 aromatic rings. The van der Waals surface area contributed by atoms with E-state index in [-0.39, 0.29) is 5.41 Å². The van der Waals surface area contributed by atoms with E-state index >= 15 is 0 Å². The van der Waals surface area contributed by atoms with E-state index in [9.17, 15) is 4.79 Å². The fraction of sp³-hybridized carbons (Fsp3) is 0.789. The summed E-state index contributed by atoms with van der Waals surface area (Å²) < 4.78 is 2.08. The second-order valence-corrected chi connectivity index (χ2v) is 8.28. The number of carbonyl (C=O) groups is 1. The Labute approximate surface area is 145 Å². The Morgan fingerprint density at radius 2 is 2.04 bits per heavy atom. The molecule has 5 nitrogen and oxygen atoms in total. The Kier molecular flexibility index (Phi) is 4.37. The van der Waals surface area contributed by atoms with Crippen molar-refractivity contribution in [2.45, 2.75) is 51.5 Å². The molecular weight excluding hydrogens is 300 g/mol. The van der Waals surface area contributed by atoms with E-state index in [0.717, 1.165) is 51.5 Å². The Bertz CT molecular complexity index is 592. The summed E-state index contributed by atoms with van der Waals surface area (Å²) in [4.78, 5) is 21.7. The number of hydrogen-bond acceptors (Lipinski definition) is 3. The number of aryl methyl sites for hydroxylation is 1. The third kappa shape index (κ3) is 2.99. The molecule has 3 aliphatic rings. The number of aromatic nitrogens is 2. The minimum atomic E-state index is -0.0779. The SMILES string of the molecule is Cn1cncc1CN1CCC[C@]2(C1)CN(CC1CCCCC1)C2=O. The van der Waals surface area contributed by atoms with Crippen molar-refractivity contribution >= 4 is 5.91 Å². The van der Waals surface area contributed by atoms with Crippen LogP contribution in [0.15, 0.2) is 12.5 Å². The van der Waals surface area contributed by atoms with Crippen molar-refractivity contribution in [3.05, 3.63) is 18.2 Å². The first-order chi connectivity index (χ1) is 11.7. The van der Waals surface area contributed by atoms with Crippen molar-refractivity contribution < 1.29 is 4.79 Å². The van der Waals surface area contributed by atoms with E-state index in [4.69, 9.17) is 0 Å². The molecule has 2 saturated heterocycles. The zero-order valence-electron chi connectivity index (χ0n) is 14.9. The van der Waals surface area contributed by atoms with E-state index < -0.39 is 0 Å². The van der Waals surface area contributed by atoms with Gasteiger partial charge < -0.3 is 9.47 Å². The molecule has 1 amide bonds. The first-order valence-electron chi connectivity index (χ1n) is 9.63. The summed E-state index contributed by atoms with van der Waals surface area (Å²) in [6, 6.07) is 0. The second kappa shape index (κ2) is 6.51. The summed E-state index contributed by atoms with van der Waals surface area (Å²) in [5, 5.41) is 0. The van der Waals surface area contributed by atoms with Crippen molar-refractivity contribution in [2.24, 2.45) is 18.4 Å². The van der Waals surface area contributed by atoms with Crippen LogP contribution < -0.4 is 0 Å². The summed E-state index contributed by atoms with van der Waals surface area (Å²) >= 11 is 0. The van der Waals surface area contributed by atoms with Gasteiger partial charge >= 0.3 is 0 Å². The zero-order chi connectivity index (χ0) is 16.6. The van der Waals surface area contributed by atoms with Crippen LogP contribution in [0.4, 0.5) is 0 Å². The molecule has 0 bridgehead atoms. The van der Waals surface area contributed by atoms with Crippen molar-refractivity contribution in [1.82, 2.24) is 19.4 Å². The summed E-state index contributed by atoms with van der Waals surface area (Å²) in [6.45, 7) is 4.95. The van der Waals surface area contributed by atoms with Gasteiger partial charge in [-0.2, -0.15) is 0 Å². The highest BCUT2D eigenvalue weighted by Crippen LogP contribution is 2.41. The van der Waals surface area contributed by atoms with E-state index in [2.05, 4.69) is 19.4 Å². The van der Waals surface area contributed by atoms with Gasteiger partial charge in [0.2, 0.25) is 5.91 Å². The van der Waals surface area contributed by atoms with Gasteiger partial charge in [0.05, 0.1) is 17.4 Å². The topological polar surface area (TPSA) is 41.4 Å². The van der Waals surface area contributed by atoms with E-state index in [1.165, 1.54) is 37.8 Å². The summed E-state index contributed by atoms with van der Waals surface area (Å²) in [6.07, 6.45) is 12.8. The minimum absolute atomic E-state index is 0.0779. The van der Waals surface area contributed by atoms with Gasteiger partial charge in [0, 0.05) is 39.4 Å². The van der Waals surface area contributed by atoms with Gasteiger partial charge in [-0.15, -0.1) is 0 Å². The molecule has 0 aromatic carbocycles. The van der Waals surface area contributed by atoms with Crippen molar-refractivity contribution in [3.8, 4) is 0 Å². The zero-order valence-corrected chi connectivity index (χ0v) is 14.9. The number of nitrogens with zero attached hydrogens (tertiary/aromatic N) is 4. The average molecular weight is 330 g/mol. The molecule has 0 unspecified atom stereocenters. The fourth-order valence-corrected chi connectivity index (χ4v) is 5.01. The summed E-state index contributed by atoms with van der Waals surface area (Å²) in [7, 11) is 2.04. The molecular formula is C19H30N4O. The van der Waals surface area contributed by atoms with Crippen LogP contribution in [-0.2, 0) is 18.4 Å². The highest BCUT2D eigenvalue weighted by Gasteiger charge is 2.53. The summed E-state index contributed by atoms with van der Waals surface area (Å²) in [5.74, 6) is 1.19. The first-order valence-corrected chi connectivity index (χ1v) is 9.63. The average Bonchev–Trinajstić information content (AvgIpc) is 3.00. The van der Waals surface area contributed by atoms with Crippen LogP contribution >= 0.6 is 0 Å². The Morgan fingerprint density at radius 3 is 2.75 bits per heavy atom. The summed E-state index contributed by atoms with van der Waals surface area (Å²) in [5.41, 5.74) is 1.16. The number of likely N-dealkylation sites (tertiary alicyclic amines) is 2. The highest BCUT2D eigenvalue weighted by atomic mass is 16.2. The van der Waals surface area contributed by atoms with Gasteiger partial charge in [-0.05, 0) is 38.1 Å². The van der Waals surface area contributed by atoms with Gasteiger partial charge in [-0.3, -0.25) is 9.69 Å². The molecule has 5 heteroatoms. The van der Waals surface area contributed by atoms with Crippen LogP contribution in [-0.4, -0.2) is 51.4 Å². The van der Waals surface area contributed by atoms with Crippen molar-refractivity contribution in [1.29, 1.82) is 0 Å². The molecule has 0 radical (unpaired) electrons. The van der Waals surface area contributed by atoms with Crippen LogP contribution in [0.2, 0.25) is 0 Å². The monoisotopic (exact) mass is 330 g/mol. The lowest BCUT2D eigenvalue weighted by atomic mass is 9.71. The predicted octanol–water partition coefficient (Wildman–Crippen LogP) is 2.42. The number of amides is 1. The molecule has 0 N–H and O–H groups in total. The smallest absolute Gasteiger partial charge is 0.231 e.